The van der Waals surface area contributed by atoms with Crippen LogP contribution in [0.15, 0.2) is 12.3 Å². The van der Waals surface area contributed by atoms with Crippen molar-refractivity contribution >= 4 is 11.8 Å². The molecule has 18 heavy (non-hydrogen) atoms. The smallest absolute Gasteiger partial charge is 0.339 e. The minimum Gasteiger partial charge on any atom is -0.478 e. The van der Waals surface area contributed by atoms with Crippen LogP contribution in [0.2, 0.25) is 0 Å². The van der Waals surface area contributed by atoms with Crippen molar-refractivity contribution in [2.75, 3.05) is 32.1 Å². The van der Waals surface area contributed by atoms with Crippen molar-refractivity contribution in [1.29, 1.82) is 0 Å². The van der Waals surface area contributed by atoms with Crippen LogP contribution in [0, 0.1) is 0 Å². The van der Waals surface area contributed by atoms with Gasteiger partial charge in [-0.1, -0.05) is 0 Å². The lowest BCUT2D eigenvalue weighted by Crippen LogP contribution is -2.37. The first kappa shape index (κ1) is 12.8. The molecule has 1 atom stereocenters. The number of nitrogens with zero attached hydrogens (tertiary/aromatic N) is 4. The number of carboxylic acid groups (broad SMARTS) is 1. The molecule has 1 unspecified atom stereocenters. The first-order chi connectivity index (χ1) is 8.59. The van der Waals surface area contributed by atoms with Crippen molar-refractivity contribution in [3.05, 3.63) is 17.8 Å². The molecule has 0 aliphatic carbocycles. The van der Waals surface area contributed by atoms with Gasteiger partial charge in [0.15, 0.2) is 5.82 Å². The van der Waals surface area contributed by atoms with Crippen LogP contribution < -0.4 is 4.90 Å². The number of hydrogen-bond acceptors (Lipinski definition) is 5. The molecular formula is C12H18N4O2. The predicted octanol–water partition coefficient (Wildman–Crippen LogP) is 0.705. The zero-order valence-corrected chi connectivity index (χ0v) is 10.7. The minimum atomic E-state index is -0.966. The molecule has 0 aromatic carbocycles. The first-order valence-electron chi connectivity index (χ1n) is 6.06. The van der Waals surface area contributed by atoms with Crippen LogP contribution in [0.4, 0.5) is 5.82 Å². The highest BCUT2D eigenvalue weighted by atomic mass is 16.4. The van der Waals surface area contributed by atoms with Gasteiger partial charge in [-0.25, -0.2) is 4.79 Å². The van der Waals surface area contributed by atoms with E-state index in [9.17, 15) is 4.79 Å². The topological polar surface area (TPSA) is 69.6 Å². The fraction of sp³-hybridized carbons (Fsp3) is 0.583. The number of carbonyl (C=O) groups is 1. The summed E-state index contributed by atoms with van der Waals surface area (Å²) in [5.41, 5.74) is 0.202. The third-order valence-corrected chi connectivity index (χ3v) is 3.45. The summed E-state index contributed by atoms with van der Waals surface area (Å²) in [6.45, 7) is 1.88. The van der Waals surface area contributed by atoms with Gasteiger partial charge in [0.1, 0.15) is 5.56 Å². The molecule has 1 aromatic rings. The number of hydrogen-bond donors (Lipinski definition) is 1. The Hall–Kier alpha value is -1.69. The summed E-state index contributed by atoms with van der Waals surface area (Å²) < 4.78 is 0. The molecule has 1 aliphatic rings. The maximum absolute atomic E-state index is 11.1. The van der Waals surface area contributed by atoms with E-state index in [0.29, 0.717) is 11.9 Å². The van der Waals surface area contributed by atoms with E-state index in [0.717, 1.165) is 19.5 Å². The SMILES string of the molecule is CN(CC1CCCN1C)c1nnccc1C(=O)O. The second-order valence-corrected chi connectivity index (χ2v) is 4.73. The van der Waals surface area contributed by atoms with E-state index in [1.807, 2.05) is 11.9 Å². The van der Waals surface area contributed by atoms with Crippen LogP contribution in [-0.4, -0.2) is 59.4 Å². The monoisotopic (exact) mass is 250 g/mol. The van der Waals surface area contributed by atoms with Crippen molar-refractivity contribution in [1.82, 2.24) is 15.1 Å². The number of likely N-dealkylation sites (N-methyl/N-ethyl adjacent to an activating group) is 2. The van der Waals surface area contributed by atoms with E-state index in [-0.39, 0.29) is 5.56 Å². The van der Waals surface area contributed by atoms with Crippen LogP contribution >= 0.6 is 0 Å². The van der Waals surface area contributed by atoms with Gasteiger partial charge in [-0.05, 0) is 32.5 Å². The highest BCUT2D eigenvalue weighted by Gasteiger charge is 2.24. The highest BCUT2D eigenvalue weighted by molar-refractivity contribution is 5.93. The normalized spacial score (nSPS) is 20.0. The summed E-state index contributed by atoms with van der Waals surface area (Å²) in [5.74, 6) is -0.531. The molecule has 6 heteroatoms. The molecule has 2 rings (SSSR count). The van der Waals surface area contributed by atoms with Crippen molar-refractivity contribution in [3.63, 3.8) is 0 Å². The molecular weight excluding hydrogens is 232 g/mol. The number of carboxylic acids is 1. The molecule has 0 radical (unpaired) electrons. The lowest BCUT2D eigenvalue weighted by Gasteiger charge is -2.26. The van der Waals surface area contributed by atoms with Crippen LogP contribution in [0.3, 0.4) is 0 Å². The van der Waals surface area contributed by atoms with Gasteiger partial charge in [-0.3, -0.25) is 0 Å². The van der Waals surface area contributed by atoms with Crippen LogP contribution in [-0.2, 0) is 0 Å². The zero-order chi connectivity index (χ0) is 13.1. The van der Waals surface area contributed by atoms with E-state index in [1.54, 1.807) is 0 Å². The van der Waals surface area contributed by atoms with Gasteiger partial charge in [0.2, 0.25) is 0 Å². The first-order valence-corrected chi connectivity index (χ1v) is 6.06. The number of anilines is 1. The van der Waals surface area contributed by atoms with Crippen LogP contribution in [0.5, 0.6) is 0 Å². The molecule has 1 aliphatic heterocycles. The Morgan fingerprint density at radius 1 is 1.67 bits per heavy atom. The lowest BCUT2D eigenvalue weighted by atomic mass is 10.2. The Balaban J connectivity index is 2.13. The van der Waals surface area contributed by atoms with E-state index in [4.69, 9.17) is 5.11 Å². The molecule has 98 valence electrons. The van der Waals surface area contributed by atoms with Gasteiger partial charge in [0, 0.05) is 19.6 Å². The quantitative estimate of drug-likeness (QED) is 0.848. The fourth-order valence-corrected chi connectivity index (χ4v) is 2.39. The van der Waals surface area contributed by atoms with Crippen molar-refractivity contribution in [2.24, 2.45) is 0 Å². The average molecular weight is 250 g/mol. The van der Waals surface area contributed by atoms with Crippen molar-refractivity contribution < 1.29 is 9.90 Å². The van der Waals surface area contributed by atoms with Gasteiger partial charge >= 0.3 is 5.97 Å². The summed E-state index contributed by atoms with van der Waals surface area (Å²) in [7, 11) is 3.96. The molecule has 2 heterocycles. The molecule has 0 amide bonds. The Labute approximate surface area is 106 Å². The summed E-state index contributed by atoms with van der Waals surface area (Å²) in [6, 6.07) is 1.94. The largest absolute Gasteiger partial charge is 0.478 e. The molecule has 0 saturated carbocycles. The third kappa shape index (κ3) is 2.59. The Morgan fingerprint density at radius 3 is 3.06 bits per heavy atom. The zero-order valence-electron chi connectivity index (χ0n) is 10.7. The second kappa shape index (κ2) is 5.30. The van der Waals surface area contributed by atoms with Gasteiger partial charge in [0.05, 0.1) is 6.20 Å². The van der Waals surface area contributed by atoms with Crippen molar-refractivity contribution in [3.8, 4) is 0 Å². The maximum Gasteiger partial charge on any atom is 0.339 e. The number of aromatic carboxylic acids is 1. The van der Waals surface area contributed by atoms with E-state index >= 15 is 0 Å². The van der Waals surface area contributed by atoms with Crippen LogP contribution in [0.1, 0.15) is 23.2 Å². The second-order valence-electron chi connectivity index (χ2n) is 4.73. The molecule has 6 nitrogen and oxygen atoms in total. The van der Waals surface area contributed by atoms with E-state index < -0.39 is 5.97 Å². The predicted molar refractivity (Wildman–Crippen MR) is 67.9 cm³/mol. The molecule has 1 saturated heterocycles. The highest BCUT2D eigenvalue weighted by Crippen LogP contribution is 2.20. The fourth-order valence-electron chi connectivity index (χ4n) is 2.39. The summed E-state index contributed by atoms with van der Waals surface area (Å²) in [5, 5.41) is 16.8. The standard InChI is InChI=1S/C12H18N4O2/c1-15-7-3-4-9(15)8-16(2)11-10(12(17)18)5-6-13-14-11/h5-6,9H,3-4,7-8H2,1-2H3,(H,17,18). The van der Waals surface area contributed by atoms with E-state index in [1.165, 1.54) is 18.7 Å². The molecule has 1 N–H and O–H groups in total. The number of likely N-dealkylation sites (tertiary alicyclic amines) is 1. The van der Waals surface area contributed by atoms with Gasteiger partial charge in [-0.2, -0.15) is 5.10 Å². The lowest BCUT2D eigenvalue weighted by molar-refractivity contribution is 0.0697. The van der Waals surface area contributed by atoms with E-state index in [2.05, 4.69) is 22.1 Å². The third-order valence-electron chi connectivity index (χ3n) is 3.45. The summed E-state index contributed by atoms with van der Waals surface area (Å²) in [4.78, 5) is 15.3. The van der Waals surface area contributed by atoms with Gasteiger partial charge in [0.25, 0.3) is 0 Å². The summed E-state index contributed by atoms with van der Waals surface area (Å²) in [6.07, 6.45) is 3.74. The van der Waals surface area contributed by atoms with Gasteiger partial charge in [-0.15, -0.1) is 5.10 Å². The maximum atomic E-state index is 11.1. The Morgan fingerprint density at radius 2 is 2.44 bits per heavy atom. The number of rotatable bonds is 4. The summed E-state index contributed by atoms with van der Waals surface area (Å²) >= 11 is 0. The average Bonchev–Trinajstić information content (AvgIpc) is 2.75. The van der Waals surface area contributed by atoms with Crippen LogP contribution in [0.25, 0.3) is 0 Å². The number of aromatic nitrogens is 2. The molecule has 0 bridgehead atoms. The Kier molecular flexibility index (Phi) is 3.76. The molecule has 1 fully saturated rings. The molecule has 0 spiro atoms. The molecule has 1 aromatic heterocycles. The van der Waals surface area contributed by atoms with Gasteiger partial charge < -0.3 is 14.9 Å². The Bertz CT molecular complexity index is 438. The van der Waals surface area contributed by atoms with Crippen molar-refractivity contribution in [2.45, 2.75) is 18.9 Å². The minimum absolute atomic E-state index is 0.202.